The molecule has 4 heteroatoms. The number of aryl methyl sites for hydroxylation is 1. The Morgan fingerprint density at radius 3 is 2.87 bits per heavy atom. The minimum absolute atomic E-state index is 0.290. The Morgan fingerprint density at radius 1 is 1.17 bits per heavy atom. The Hall–Kier alpha value is -2.33. The van der Waals surface area contributed by atoms with Crippen molar-refractivity contribution in [1.82, 2.24) is 9.47 Å². The van der Waals surface area contributed by atoms with Crippen molar-refractivity contribution in [1.29, 1.82) is 0 Å². The molecule has 1 aliphatic rings. The molecule has 4 nitrogen and oxygen atoms in total. The topological polar surface area (TPSA) is 38.4 Å². The van der Waals surface area contributed by atoms with E-state index < -0.39 is 0 Å². The normalized spacial score (nSPS) is 17.6. The summed E-state index contributed by atoms with van der Waals surface area (Å²) < 4.78 is 7.05. The first-order valence-corrected chi connectivity index (χ1v) is 8.10. The van der Waals surface area contributed by atoms with Crippen LogP contribution in [0.3, 0.4) is 0 Å². The molecule has 1 aromatic heterocycles. The summed E-state index contributed by atoms with van der Waals surface area (Å²) in [7, 11) is 2.08. The molecule has 0 fully saturated rings. The summed E-state index contributed by atoms with van der Waals surface area (Å²) in [5.74, 6) is -0.290. The molecule has 0 N–H and O–H groups in total. The van der Waals surface area contributed by atoms with Crippen molar-refractivity contribution in [3.05, 3.63) is 70.2 Å². The molecule has 4 rings (SSSR count). The van der Waals surface area contributed by atoms with E-state index in [0.29, 0.717) is 18.3 Å². The maximum atomic E-state index is 12.2. The monoisotopic (exact) mass is 308 g/mol. The van der Waals surface area contributed by atoms with Crippen molar-refractivity contribution in [3.63, 3.8) is 0 Å². The van der Waals surface area contributed by atoms with Gasteiger partial charge < -0.3 is 4.42 Å². The van der Waals surface area contributed by atoms with E-state index in [-0.39, 0.29) is 5.76 Å². The number of hydrogen-bond donors (Lipinski definition) is 0. The zero-order valence-electron chi connectivity index (χ0n) is 13.2. The number of para-hydroxylation sites is 2. The molecule has 0 radical (unpaired) electrons. The highest BCUT2D eigenvalue weighted by Crippen LogP contribution is 2.33. The molecule has 0 saturated carbocycles. The summed E-state index contributed by atoms with van der Waals surface area (Å²) in [6.45, 7) is 0.537. The van der Waals surface area contributed by atoms with Crippen molar-refractivity contribution in [2.45, 2.75) is 32.0 Å². The number of benzene rings is 2. The molecule has 1 aliphatic carbocycles. The fraction of sp³-hybridized carbons (Fsp3) is 0.316. The summed E-state index contributed by atoms with van der Waals surface area (Å²) in [5, 5.41) is 0. The van der Waals surface area contributed by atoms with E-state index in [2.05, 4.69) is 36.2 Å². The van der Waals surface area contributed by atoms with Gasteiger partial charge in [0.2, 0.25) is 0 Å². The fourth-order valence-corrected chi connectivity index (χ4v) is 3.66. The lowest BCUT2D eigenvalue weighted by Gasteiger charge is -2.33. The van der Waals surface area contributed by atoms with Crippen molar-refractivity contribution >= 4 is 11.1 Å². The second kappa shape index (κ2) is 5.70. The van der Waals surface area contributed by atoms with E-state index in [1.54, 1.807) is 4.57 Å². The van der Waals surface area contributed by atoms with Crippen molar-refractivity contribution in [2.75, 3.05) is 7.05 Å². The summed E-state index contributed by atoms with van der Waals surface area (Å²) in [5.41, 5.74) is 4.32. The van der Waals surface area contributed by atoms with E-state index in [1.165, 1.54) is 17.5 Å². The van der Waals surface area contributed by atoms with Crippen LogP contribution in [0, 0.1) is 0 Å². The SMILES string of the molecule is CN(Cn1c(=O)oc2ccccc21)C1CCCc2ccccc21. The molecule has 3 aromatic rings. The average molecular weight is 308 g/mol. The van der Waals surface area contributed by atoms with Gasteiger partial charge in [-0.3, -0.25) is 9.47 Å². The van der Waals surface area contributed by atoms with Gasteiger partial charge >= 0.3 is 5.76 Å². The summed E-state index contributed by atoms with van der Waals surface area (Å²) in [6, 6.07) is 16.6. The van der Waals surface area contributed by atoms with Crippen LogP contribution in [-0.2, 0) is 13.1 Å². The minimum atomic E-state index is -0.290. The average Bonchev–Trinajstić information content (AvgIpc) is 2.90. The van der Waals surface area contributed by atoms with Gasteiger partial charge in [-0.15, -0.1) is 0 Å². The first-order chi connectivity index (χ1) is 11.2. The standard InChI is InChI=1S/C19H20N2O2/c1-20(16-11-6-8-14-7-2-3-9-15(14)16)13-21-17-10-4-5-12-18(17)23-19(21)22/h2-5,7,9-10,12,16H,6,8,11,13H2,1H3. The number of hydrogen-bond acceptors (Lipinski definition) is 3. The molecule has 0 spiro atoms. The second-order valence-corrected chi connectivity index (χ2v) is 6.27. The van der Waals surface area contributed by atoms with Gasteiger partial charge in [0.1, 0.15) is 0 Å². The van der Waals surface area contributed by atoms with Crippen LogP contribution in [0.5, 0.6) is 0 Å². The van der Waals surface area contributed by atoms with Gasteiger partial charge in [-0.25, -0.2) is 4.79 Å². The highest BCUT2D eigenvalue weighted by molar-refractivity contribution is 5.72. The van der Waals surface area contributed by atoms with Crippen LogP contribution in [0.25, 0.3) is 11.1 Å². The molecule has 1 heterocycles. The second-order valence-electron chi connectivity index (χ2n) is 6.27. The lowest BCUT2D eigenvalue weighted by atomic mass is 9.87. The van der Waals surface area contributed by atoms with E-state index >= 15 is 0 Å². The van der Waals surface area contributed by atoms with E-state index in [9.17, 15) is 4.79 Å². The molecule has 0 aliphatic heterocycles. The number of fused-ring (bicyclic) bond motifs is 2. The molecular weight excluding hydrogens is 288 g/mol. The van der Waals surface area contributed by atoms with Gasteiger partial charge in [-0.05, 0) is 49.6 Å². The van der Waals surface area contributed by atoms with Crippen molar-refractivity contribution < 1.29 is 4.42 Å². The van der Waals surface area contributed by atoms with Crippen molar-refractivity contribution in [3.8, 4) is 0 Å². The molecular formula is C19H20N2O2. The maximum absolute atomic E-state index is 12.2. The van der Waals surface area contributed by atoms with Gasteiger partial charge in [0.25, 0.3) is 0 Å². The Bertz CT molecular complexity index is 894. The van der Waals surface area contributed by atoms with Gasteiger partial charge in [0.05, 0.1) is 12.2 Å². The fourth-order valence-electron chi connectivity index (χ4n) is 3.66. The molecule has 0 amide bonds. The molecule has 2 aromatic carbocycles. The Labute approximate surface area is 134 Å². The minimum Gasteiger partial charge on any atom is -0.408 e. The van der Waals surface area contributed by atoms with Crippen LogP contribution < -0.4 is 5.76 Å². The summed E-state index contributed by atoms with van der Waals surface area (Å²) in [4.78, 5) is 14.4. The predicted octanol–water partition coefficient (Wildman–Crippen LogP) is 3.56. The summed E-state index contributed by atoms with van der Waals surface area (Å²) in [6.07, 6.45) is 3.46. The smallest absolute Gasteiger partial charge is 0.408 e. The van der Waals surface area contributed by atoms with Crippen LogP contribution >= 0.6 is 0 Å². The van der Waals surface area contributed by atoms with Gasteiger partial charge in [-0.1, -0.05) is 36.4 Å². The van der Waals surface area contributed by atoms with Gasteiger partial charge in [0, 0.05) is 6.04 Å². The van der Waals surface area contributed by atoms with E-state index in [0.717, 1.165) is 18.4 Å². The van der Waals surface area contributed by atoms with Crippen LogP contribution in [0.1, 0.15) is 30.0 Å². The van der Waals surface area contributed by atoms with E-state index in [4.69, 9.17) is 4.42 Å². The van der Waals surface area contributed by atoms with Gasteiger partial charge in [0.15, 0.2) is 5.58 Å². The zero-order chi connectivity index (χ0) is 15.8. The highest BCUT2D eigenvalue weighted by Gasteiger charge is 2.24. The lowest BCUT2D eigenvalue weighted by molar-refractivity contribution is 0.172. The van der Waals surface area contributed by atoms with Crippen LogP contribution in [0.2, 0.25) is 0 Å². The maximum Gasteiger partial charge on any atom is 0.421 e. The van der Waals surface area contributed by atoms with Crippen molar-refractivity contribution in [2.24, 2.45) is 0 Å². The molecule has 118 valence electrons. The van der Waals surface area contributed by atoms with Crippen LogP contribution in [0.4, 0.5) is 0 Å². The van der Waals surface area contributed by atoms with E-state index in [1.807, 2.05) is 24.3 Å². The Morgan fingerprint density at radius 2 is 1.96 bits per heavy atom. The first-order valence-electron chi connectivity index (χ1n) is 8.10. The highest BCUT2D eigenvalue weighted by atomic mass is 16.4. The summed E-state index contributed by atoms with van der Waals surface area (Å²) >= 11 is 0. The Kier molecular flexibility index (Phi) is 3.54. The number of oxazole rings is 1. The third-order valence-electron chi connectivity index (χ3n) is 4.81. The number of nitrogens with zero attached hydrogens (tertiary/aromatic N) is 2. The van der Waals surface area contributed by atoms with Gasteiger partial charge in [-0.2, -0.15) is 0 Å². The number of aromatic nitrogens is 1. The first kappa shape index (κ1) is 14.3. The third kappa shape index (κ3) is 2.49. The van der Waals surface area contributed by atoms with Crippen LogP contribution in [-0.4, -0.2) is 16.5 Å². The molecule has 1 atom stereocenters. The largest absolute Gasteiger partial charge is 0.421 e. The third-order valence-corrected chi connectivity index (χ3v) is 4.81. The lowest BCUT2D eigenvalue weighted by Crippen LogP contribution is -2.32. The molecule has 0 saturated heterocycles. The van der Waals surface area contributed by atoms with Crippen LogP contribution in [0.15, 0.2) is 57.7 Å². The Balaban J connectivity index is 1.67. The molecule has 1 unspecified atom stereocenters. The number of rotatable bonds is 3. The molecule has 23 heavy (non-hydrogen) atoms. The molecule has 0 bridgehead atoms. The zero-order valence-corrected chi connectivity index (χ0v) is 13.2. The predicted molar refractivity (Wildman–Crippen MR) is 90.4 cm³/mol. The quantitative estimate of drug-likeness (QED) is 0.742.